The van der Waals surface area contributed by atoms with Crippen molar-refractivity contribution in [3.63, 3.8) is 0 Å². The van der Waals surface area contributed by atoms with Crippen LogP contribution in [0.2, 0.25) is 0 Å². The van der Waals surface area contributed by atoms with Crippen LogP contribution in [0, 0.1) is 0 Å². The van der Waals surface area contributed by atoms with Crippen molar-refractivity contribution in [3.8, 4) is 0 Å². The number of likely N-dealkylation sites (N-methyl/N-ethyl adjacent to an activating group) is 1. The lowest BCUT2D eigenvalue weighted by Crippen LogP contribution is -2.53. The van der Waals surface area contributed by atoms with Crippen LogP contribution < -0.4 is 5.32 Å². The number of hydrogen-bond donors (Lipinski definition) is 1. The maximum absolute atomic E-state index is 12.0. The largest absolute Gasteiger partial charge is 0.383 e. The highest BCUT2D eigenvalue weighted by Gasteiger charge is 2.33. The van der Waals surface area contributed by atoms with E-state index >= 15 is 0 Å². The summed E-state index contributed by atoms with van der Waals surface area (Å²) in [6.07, 6.45) is 1.82. The Morgan fingerprint density at radius 1 is 1.61 bits per heavy atom. The minimum atomic E-state index is -0.464. The van der Waals surface area contributed by atoms with Crippen LogP contribution in [0.4, 0.5) is 0 Å². The summed E-state index contributed by atoms with van der Waals surface area (Å²) in [4.78, 5) is 25.5. The Labute approximate surface area is 106 Å². The van der Waals surface area contributed by atoms with Crippen molar-refractivity contribution in [2.24, 2.45) is 0 Å². The highest BCUT2D eigenvalue weighted by molar-refractivity contribution is 5.97. The third kappa shape index (κ3) is 2.24. The SMILES string of the molecule is COCCNC(=O)C1Cn2cccc2C(=O)N1C. The Morgan fingerprint density at radius 2 is 2.39 bits per heavy atom. The summed E-state index contributed by atoms with van der Waals surface area (Å²) in [6.45, 7) is 1.40. The van der Waals surface area contributed by atoms with E-state index in [1.54, 1.807) is 20.2 Å². The second-order valence-corrected chi connectivity index (χ2v) is 4.26. The number of fused-ring (bicyclic) bond motifs is 1. The van der Waals surface area contributed by atoms with Gasteiger partial charge in [0.25, 0.3) is 5.91 Å². The molecule has 2 amide bonds. The molecule has 2 rings (SSSR count). The molecule has 1 aliphatic heterocycles. The van der Waals surface area contributed by atoms with Crippen molar-refractivity contribution >= 4 is 11.8 Å². The number of carbonyl (C=O) groups is 2. The molecule has 0 radical (unpaired) electrons. The van der Waals surface area contributed by atoms with Crippen LogP contribution >= 0.6 is 0 Å². The van der Waals surface area contributed by atoms with Gasteiger partial charge in [-0.05, 0) is 12.1 Å². The molecule has 0 bridgehead atoms. The fourth-order valence-corrected chi connectivity index (χ4v) is 2.05. The molecule has 1 aliphatic rings. The van der Waals surface area contributed by atoms with Gasteiger partial charge in [0.05, 0.1) is 13.2 Å². The van der Waals surface area contributed by atoms with E-state index in [1.165, 1.54) is 4.90 Å². The molecule has 0 saturated heterocycles. The van der Waals surface area contributed by atoms with Crippen molar-refractivity contribution in [2.75, 3.05) is 27.3 Å². The summed E-state index contributed by atoms with van der Waals surface area (Å²) in [5, 5.41) is 2.76. The molecule has 0 aromatic carbocycles. The standard InChI is InChI=1S/C12H17N3O3/c1-14-10(11(16)13-5-7-18-2)8-15-6-3-4-9(15)12(14)17/h3-4,6,10H,5,7-8H2,1-2H3,(H,13,16). The van der Waals surface area contributed by atoms with E-state index in [4.69, 9.17) is 4.74 Å². The molecule has 1 aromatic heterocycles. The van der Waals surface area contributed by atoms with Crippen LogP contribution in [0.3, 0.4) is 0 Å². The highest BCUT2D eigenvalue weighted by Crippen LogP contribution is 2.16. The van der Waals surface area contributed by atoms with Gasteiger partial charge >= 0.3 is 0 Å². The summed E-state index contributed by atoms with van der Waals surface area (Å²) in [7, 11) is 3.23. The molecular weight excluding hydrogens is 234 g/mol. The van der Waals surface area contributed by atoms with Crippen LogP contribution in [0.1, 0.15) is 10.5 Å². The fraction of sp³-hybridized carbons (Fsp3) is 0.500. The van der Waals surface area contributed by atoms with Crippen molar-refractivity contribution in [2.45, 2.75) is 12.6 Å². The Bertz CT molecular complexity index is 455. The summed E-state index contributed by atoms with van der Waals surface area (Å²) in [5.41, 5.74) is 0.624. The second-order valence-electron chi connectivity index (χ2n) is 4.26. The molecule has 6 nitrogen and oxygen atoms in total. The van der Waals surface area contributed by atoms with Gasteiger partial charge in [0, 0.05) is 26.9 Å². The van der Waals surface area contributed by atoms with Crippen LogP contribution in [-0.4, -0.2) is 54.6 Å². The first-order valence-electron chi connectivity index (χ1n) is 5.84. The molecule has 1 aromatic rings. The number of nitrogens with zero attached hydrogens (tertiary/aromatic N) is 2. The molecule has 1 N–H and O–H groups in total. The molecule has 1 atom stereocenters. The Hall–Kier alpha value is -1.82. The van der Waals surface area contributed by atoms with Crippen molar-refractivity contribution in [3.05, 3.63) is 24.0 Å². The number of aromatic nitrogens is 1. The number of nitrogens with one attached hydrogen (secondary N) is 1. The van der Waals surface area contributed by atoms with E-state index < -0.39 is 6.04 Å². The van der Waals surface area contributed by atoms with E-state index in [0.29, 0.717) is 25.4 Å². The lowest BCUT2D eigenvalue weighted by molar-refractivity contribution is -0.126. The van der Waals surface area contributed by atoms with Crippen LogP contribution in [0.25, 0.3) is 0 Å². The van der Waals surface area contributed by atoms with Gasteiger partial charge in [-0.15, -0.1) is 0 Å². The zero-order chi connectivity index (χ0) is 13.1. The average molecular weight is 251 g/mol. The Morgan fingerprint density at radius 3 is 3.11 bits per heavy atom. The van der Waals surface area contributed by atoms with Crippen molar-refractivity contribution < 1.29 is 14.3 Å². The fourth-order valence-electron chi connectivity index (χ4n) is 2.05. The molecule has 2 heterocycles. The van der Waals surface area contributed by atoms with Gasteiger partial charge < -0.3 is 19.5 Å². The lowest BCUT2D eigenvalue weighted by Gasteiger charge is -2.32. The smallest absolute Gasteiger partial charge is 0.270 e. The maximum Gasteiger partial charge on any atom is 0.270 e. The Balaban J connectivity index is 2.07. The quantitative estimate of drug-likeness (QED) is 0.748. The monoisotopic (exact) mass is 251 g/mol. The highest BCUT2D eigenvalue weighted by atomic mass is 16.5. The average Bonchev–Trinajstić information content (AvgIpc) is 2.82. The van der Waals surface area contributed by atoms with E-state index in [9.17, 15) is 9.59 Å². The first kappa shape index (κ1) is 12.6. The predicted molar refractivity (Wildman–Crippen MR) is 65.2 cm³/mol. The Kier molecular flexibility index (Phi) is 3.66. The van der Waals surface area contributed by atoms with Crippen molar-refractivity contribution in [1.29, 1.82) is 0 Å². The van der Waals surface area contributed by atoms with Gasteiger partial charge in [-0.1, -0.05) is 0 Å². The minimum absolute atomic E-state index is 0.127. The number of rotatable bonds is 4. The molecule has 1 unspecified atom stereocenters. The molecule has 6 heteroatoms. The summed E-state index contributed by atoms with van der Waals surface area (Å²) in [5.74, 6) is -0.277. The van der Waals surface area contributed by atoms with Gasteiger partial charge in [0.15, 0.2) is 0 Å². The first-order valence-corrected chi connectivity index (χ1v) is 5.84. The van der Waals surface area contributed by atoms with Gasteiger partial charge in [-0.3, -0.25) is 9.59 Å². The summed E-state index contributed by atoms with van der Waals surface area (Å²) < 4.78 is 6.68. The first-order chi connectivity index (χ1) is 8.65. The number of methoxy groups -OCH3 is 1. The van der Waals surface area contributed by atoms with E-state index in [2.05, 4.69) is 5.32 Å². The zero-order valence-corrected chi connectivity index (χ0v) is 10.5. The zero-order valence-electron chi connectivity index (χ0n) is 10.5. The second kappa shape index (κ2) is 5.22. The van der Waals surface area contributed by atoms with Crippen LogP contribution in [-0.2, 0) is 16.1 Å². The van der Waals surface area contributed by atoms with Gasteiger partial charge in [-0.2, -0.15) is 0 Å². The van der Waals surface area contributed by atoms with Crippen molar-refractivity contribution in [1.82, 2.24) is 14.8 Å². The number of ether oxygens (including phenoxy) is 1. The number of amides is 2. The van der Waals surface area contributed by atoms with Gasteiger partial charge in [-0.25, -0.2) is 0 Å². The van der Waals surface area contributed by atoms with E-state index in [-0.39, 0.29) is 11.8 Å². The number of carbonyl (C=O) groups excluding carboxylic acids is 2. The van der Waals surface area contributed by atoms with Gasteiger partial charge in [0.2, 0.25) is 5.91 Å². The van der Waals surface area contributed by atoms with Crippen LogP contribution in [0.5, 0.6) is 0 Å². The normalized spacial score (nSPS) is 18.7. The molecule has 0 saturated carbocycles. The molecule has 0 fully saturated rings. The molecule has 0 aliphatic carbocycles. The minimum Gasteiger partial charge on any atom is -0.383 e. The molecule has 98 valence electrons. The third-order valence-corrected chi connectivity index (χ3v) is 3.11. The van der Waals surface area contributed by atoms with E-state index in [1.807, 2.05) is 16.8 Å². The number of hydrogen-bond acceptors (Lipinski definition) is 3. The third-order valence-electron chi connectivity index (χ3n) is 3.11. The molecule has 18 heavy (non-hydrogen) atoms. The summed E-state index contributed by atoms with van der Waals surface area (Å²) >= 11 is 0. The molecular formula is C12H17N3O3. The predicted octanol–water partition coefficient (Wildman–Crippen LogP) is -0.295. The topological polar surface area (TPSA) is 63.6 Å². The van der Waals surface area contributed by atoms with E-state index in [0.717, 1.165) is 0 Å². The lowest BCUT2D eigenvalue weighted by atomic mass is 10.1. The maximum atomic E-state index is 12.0. The summed E-state index contributed by atoms with van der Waals surface area (Å²) in [6, 6.07) is 3.11. The molecule has 0 spiro atoms. The van der Waals surface area contributed by atoms with Crippen LogP contribution in [0.15, 0.2) is 18.3 Å². The van der Waals surface area contributed by atoms with Gasteiger partial charge in [0.1, 0.15) is 11.7 Å².